The summed E-state index contributed by atoms with van der Waals surface area (Å²) in [5.74, 6) is -0.932. The predicted octanol–water partition coefficient (Wildman–Crippen LogP) is 19.0. The first kappa shape index (κ1) is 63.8. The van der Waals surface area contributed by atoms with E-state index in [1.807, 2.05) is 0 Å². The summed E-state index contributed by atoms with van der Waals surface area (Å²) in [6.45, 7) is 6.55. The van der Waals surface area contributed by atoms with Gasteiger partial charge in [-0.1, -0.05) is 216 Å². The van der Waals surface area contributed by atoms with E-state index < -0.39 is 6.10 Å². The fourth-order valence-corrected chi connectivity index (χ4v) is 7.83. The van der Waals surface area contributed by atoms with Gasteiger partial charge in [-0.25, -0.2) is 0 Å². The van der Waals surface area contributed by atoms with Crippen molar-refractivity contribution in [1.29, 1.82) is 0 Å². The van der Waals surface area contributed by atoms with Crippen LogP contribution in [-0.4, -0.2) is 37.2 Å². The second-order valence-electron chi connectivity index (χ2n) is 18.8. The number of allylic oxidation sites excluding steroid dienone is 12. The molecule has 0 rings (SSSR count). The van der Waals surface area contributed by atoms with Gasteiger partial charge in [0.05, 0.1) is 0 Å². The summed E-state index contributed by atoms with van der Waals surface area (Å²) >= 11 is 0. The summed E-state index contributed by atoms with van der Waals surface area (Å²) in [5.41, 5.74) is 0. The van der Waals surface area contributed by atoms with Crippen molar-refractivity contribution in [3.05, 3.63) is 72.9 Å². The Balaban J connectivity index is 4.43. The molecular formula is C61H106O6. The number of unbranched alkanes of at least 4 members (excludes halogenated alkanes) is 28. The Morgan fingerprint density at radius 2 is 0.537 bits per heavy atom. The molecule has 0 bridgehead atoms. The van der Waals surface area contributed by atoms with Gasteiger partial charge in [0, 0.05) is 19.3 Å². The van der Waals surface area contributed by atoms with Crippen LogP contribution in [0.25, 0.3) is 0 Å². The van der Waals surface area contributed by atoms with E-state index in [-0.39, 0.29) is 31.1 Å². The maximum absolute atomic E-state index is 12.9. The van der Waals surface area contributed by atoms with E-state index in [1.165, 1.54) is 161 Å². The van der Waals surface area contributed by atoms with Crippen molar-refractivity contribution in [3.63, 3.8) is 0 Å². The van der Waals surface area contributed by atoms with Crippen molar-refractivity contribution < 1.29 is 28.6 Å². The highest BCUT2D eigenvalue weighted by Crippen LogP contribution is 2.15. The van der Waals surface area contributed by atoms with Crippen LogP contribution < -0.4 is 0 Å². The van der Waals surface area contributed by atoms with Gasteiger partial charge in [0.2, 0.25) is 0 Å². The monoisotopic (exact) mass is 935 g/mol. The number of carbonyl (C=O) groups is 3. The quantitative estimate of drug-likeness (QED) is 0.0262. The van der Waals surface area contributed by atoms with Gasteiger partial charge < -0.3 is 14.2 Å². The van der Waals surface area contributed by atoms with E-state index in [0.717, 1.165) is 77.0 Å². The SMILES string of the molecule is CCCCC/C=C\C/C=C\C/C=C\CCCCC(=O)OC[C@H](COC(=O)CCCCCCCCC/C=C\CCCCCC)OC(=O)CCCCCCCCCCC/C=C\C/C=C\CCCCC. The van der Waals surface area contributed by atoms with Crippen molar-refractivity contribution in [1.82, 2.24) is 0 Å². The average Bonchev–Trinajstić information content (AvgIpc) is 3.33. The third-order valence-electron chi connectivity index (χ3n) is 12.2. The molecule has 6 heteroatoms. The van der Waals surface area contributed by atoms with Crippen molar-refractivity contribution in [2.45, 2.75) is 284 Å². The Morgan fingerprint density at radius 3 is 0.910 bits per heavy atom. The Hall–Kier alpha value is -3.15. The molecule has 0 N–H and O–H groups in total. The fraction of sp³-hybridized carbons (Fsp3) is 0.754. The second-order valence-corrected chi connectivity index (χ2v) is 18.8. The first-order valence-corrected chi connectivity index (χ1v) is 28.4. The maximum Gasteiger partial charge on any atom is 0.306 e. The van der Waals surface area contributed by atoms with Crippen LogP contribution in [0.1, 0.15) is 278 Å². The minimum atomic E-state index is -0.795. The van der Waals surface area contributed by atoms with Gasteiger partial charge >= 0.3 is 17.9 Å². The number of hydrogen-bond acceptors (Lipinski definition) is 6. The lowest BCUT2D eigenvalue weighted by Gasteiger charge is -2.18. The molecule has 67 heavy (non-hydrogen) atoms. The van der Waals surface area contributed by atoms with E-state index in [4.69, 9.17) is 14.2 Å². The molecule has 0 aromatic heterocycles. The number of carbonyl (C=O) groups excluding carboxylic acids is 3. The zero-order valence-electron chi connectivity index (χ0n) is 44.2. The molecule has 0 aliphatic rings. The third-order valence-corrected chi connectivity index (χ3v) is 12.2. The topological polar surface area (TPSA) is 78.9 Å². The average molecular weight is 936 g/mol. The van der Waals surface area contributed by atoms with Crippen LogP contribution in [0.5, 0.6) is 0 Å². The minimum absolute atomic E-state index is 0.0909. The smallest absolute Gasteiger partial charge is 0.306 e. The van der Waals surface area contributed by atoms with E-state index in [2.05, 4.69) is 93.7 Å². The summed E-state index contributed by atoms with van der Waals surface area (Å²) in [6.07, 6.45) is 70.3. The molecule has 0 radical (unpaired) electrons. The lowest BCUT2D eigenvalue weighted by molar-refractivity contribution is -0.167. The summed E-state index contributed by atoms with van der Waals surface area (Å²) < 4.78 is 16.8. The molecule has 0 heterocycles. The molecule has 0 spiro atoms. The largest absolute Gasteiger partial charge is 0.462 e. The molecule has 0 aliphatic carbocycles. The Bertz CT molecular complexity index is 1260. The Labute approximate surface area is 414 Å². The molecule has 6 nitrogen and oxygen atoms in total. The lowest BCUT2D eigenvalue weighted by Crippen LogP contribution is -2.30. The van der Waals surface area contributed by atoms with Crippen molar-refractivity contribution in [2.24, 2.45) is 0 Å². The molecule has 0 aromatic rings. The van der Waals surface area contributed by atoms with E-state index in [0.29, 0.717) is 19.3 Å². The number of ether oxygens (including phenoxy) is 3. The van der Waals surface area contributed by atoms with Crippen molar-refractivity contribution >= 4 is 17.9 Å². The first-order valence-electron chi connectivity index (χ1n) is 28.4. The Morgan fingerprint density at radius 1 is 0.299 bits per heavy atom. The molecule has 1 atom stereocenters. The normalized spacial score (nSPS) is 12.6. The van der Waals surface area contributed by atoms with Gasteiger partial charge in [0.15, 0.2) is 6.10 Å². The van der Waals surface area contributed by atoms with E-state index in [9.17, 15) is 14.4 Å². The summed E-state index contributed by atoms with van der Waals surface area (Å²) in [4.78, 5) is 38.1. The van der Waals surface area contributed by atoms with Crippen LogP contribution in [0.3, 0.4) is 0 Å². The van der Waals surface area contributed by atoms with Gasteiger partial charge in [-0.3, -0.25) is 14.4 Å². The number of esters is 3. The molecule has 0 fully saturated rings. The van der Waals surface area contributed by atoms with Crippen LogP contribution in [0.4, 0.5) is 0 Å². The molecule has 0 aliphatic heterocycles. The highest BCUT2D eigenvalue weighted by Gasteiger charge is 2.19. The highest BCUT2D eigenvalue weighted by molar-refractivity contribution is 5.71. The van der Waals surface area contributed by atoms with Crippen LogP contribution in [0, 0.1) is 0 Å². The zero-order valence-corrected chi connectivity index (χ0v) is 44.2. The molecule has 0 saturated carbocycles. The first-order chi connectivity index (χ1) is 33.0. The molecule has 0 saturated heterocycles. The number of rotatable bonds is 51. The molecule has 0 unspecified atom stereocenters. The molecule has 0 aromatic carbocycles. The molecule has 0 amide bonds. The summed E-state index contributed by atoms with van der Waals surface area (Å²) in [5, 5.41) is 0. The molecule has 386 valence electrons. The van der Waals surface area contributed by atoms with Crippen molar-refractivity contribution in [2.75, 3.05) is 13.2 Å². The summed E-state index contributed by atoms with van der Waals surface area (Å²) in [6, 6.07) is 0. The van der Waals surface area contributed by atoms with Crippen LogP contribution in [0.15, 0.2) is 72.9 Å². The lowest BCUT2D eigenvalue weighted by atomic mass is 10.1. The maximum atomic E-state index is 12.9. The zero-order chi connectivity index (χ0) is 48.6. The highest BCUT2D eigenvalue weighted by atomic mass is 16.6. The van der Waals surface area contributed by atoms with Crippen LogP contribution in [-0.2, 0) is 28.6 Å². The van der Waals surface area contributed by atoms with Gasteiger partial charge in [0.1, 0.15) is 13.2 Å². The van der Waals surface area contributed by atoms with Gasteiger partial charge in [0.25, 0.3) is 0 Å². The minimum Gasteiger partial charge on any atom is -0.462 e. The van der Waals surface area contributed by atoms with Gasteiger partial charge in [-0.2, -0.15) is 0 Å². The van der Waals surface area contributed by atoms with Crippen LogP contribution >= 0.6 is 0 Å². The fourth-order valence-electron chi connectivity index (χ4n) is 7.83. The van der Waals surface area contributed by atoms with E-state index in [1.54, 1.807) is 0 Å². The van der Waals surface area contributed by atoms with Crippen molar-refractivity contribution in [3.8, 4) is 0 Å². The Kier molecular flexibility index (Phi) is 52.8. The van der Waals surface area contributed by atoms with Gasteiger partial charge in [-0.05, 0) is 116 Å². The molecular weight excluding hydrogens is 829 g/mol. The predicted molar refractivity (Wildman–Crippen MR) is 288 cm³/mol. The van der Waals surface area contributed by atoms with Crippen LogP contribution in [0.2, 0.25) is 0 Å². The second kappa shape index (κ2) is 55.4. The van der Waals surface area contributed by atoms with E-state index >= 15 is 0 Å². The third kappa shape index (κ3) is 53.7. The summed E-state index contributed by atoms with van der Waals surface area (Å²) in [7, 11) is 0. The number of hydrogen-bond donors (Lipinski definition) is 0. The van der Waals surface area contributed by atoms with Gasteiger partial charge in [-0.15, -0.1) is 0 Å². The standard InChI is InChI=1S/C61H106O6/c1-4-7-10-13-16-19-22-25-28-29-30-31-34-37-40-43-46-49-52-55-61(64)67-58(56-65-59(62)53-50-47-44-41-38-35-32-26-23-20-17-14-11-8-5-2)57-66-60(63)54-51-48-45-42-39-36-33-27-24-21-18-15-12-9-6-3/h16-17,19-21,24-26,28,32,38,41,58H,4-15,18,22-23,27,29-31,33-37,39-40,42-57H2,1-3H3/b19-16-,20-17-,24-21-,28-25-,32-26-,41-38-/t58-/m1/s1.